The molecule has 0 radical (unpaired) electrons. The second-order valence-corrected chi connectivity index (χ2v) is 12.7. The number of rotatable bonds is 5. The van der Waals surface area contributed by atoms with Gasteiger partial charge in [-0.2, -0.15) is 0 Å². The van der Waals surface area contributed by atoms with Gasteiger partial charge in [-0.1, -0.05) is 18.6 Å². The molecule has 0 amide bonds. The summed E-state index contributed by atoms with van der Waals surface area (Å²) >= 11 is 0. The van der Waals surface area contributed by atoms with Crippen LogP contribution in [0.3, 0.4) is 0 Å². The van der Waals surface area contributed by atoms with E-state index in [-0.39, 0.29) is 11.5 Å². The Balaban J connectivity index is 1.24. The lowest BCUT2D eigenvalue weighted by atomic mass is 9.47. The van der Waals surface area contributed by atoms with E-state index in [2.05, 4.69) is 25.2 Å². The van der Waals surface area contributed by atoms with Crippen molar-refractivity contribution in [2.45, 2.75) is 122 Å². The van der Waals surface area contributed by atoms with E-state index in [0.29, 0.717) is 17.4 Å². The van der Waals surface area contributed by atoms with Gasteiger partial charge in [0.1, 0.15) is 6.10 Å². The highest BCUT2D eigenvalue weighted by Gasteiger charge is 2.61. The summed E-state index contributed by atoms with van der Waals surface area (Å²) in [5.41, 5.74) is 1.99. The maximum Gasteiger partial charge on any atom is 0.104 e. The van der Waals surface area contributed by atoms with Crippen LogP contribution in [-0.4, -0.2) is 23.9 Å². The summed E-state index contributed by atoms with van der Waals surface area (Å²) in [6.45, 7) is 3.41. The molecule has 0 aromatic rings. The molecule has 3 heteroatoms. The molecule has 34 heavy (non-hydrogen) atoms. The largest absolute Gasteiger partial charge is 0.497 e. The molecule has 6 aliphatic carbocycles. The third kappa shape index (κ3) is 3.98. The molecule has 0 aliphatic heterocycles. The summed E-state index contributed by atoms with van der Waals surface area (Å²) < 4.78 is 13.4. The molecule has 0 bridgehead atoms. The minimum absolute atomic E-state index is 0.145. The van der Waals surface area contributed by atoms with Crippen molar-refractivity contribution >= 4 is 0 Å². The minimum Gasteiger partial charge on any atom is -0.497 e. The van der Waals surface area contributed by atoms with Crippen LogP contribution in [0.4, 0.5) is 0 Å². The van der Waals surface area contributed by atoms with Gasteiger partial charge in [0.05, 0.1) is 24.2 Å². The van der Waals surface area contributed by atoms with E-state index in [1.807, 2.05) is 0 Å². The first-order valence-corrected chi connectivity index (χ1v) is 14.6. The van der Waals surface area contributed by atoms with Gasteiger partial charge in [-0.05, 0) is 120 Å². The van der Waals surface area contributed by atoms with E-state index in [4.69, 9.17) is 9.47 Å². The zero-order valence-corrected chi connectivity index (χ0v) is 21.4. The predicted octanol–water partition coefficient (Wildman–Crippen LogP) is 7.61. The fourth-order valence-electron chi connectivity index (χ4n) is 9.11. The Kier molecular flexibility index (Phi) is 6.37. The average molecular weight is 467 g/mol. The SMILES string of the molecule is C[C@]12CC[C@@H]3[C@@H](CC=C4CC(O)CC[C@@]43COC3=CCCCC3)[C@@H]1CCC2OC1=CCCCC1. The van der Waals surface area contributed by atoms with Crippen molar-refractivity contribution in [3.05, 3.63) is 35.3 Å². The number of aliphatic hydroxyl groups excluding tert-OH is 1. The first kappa shape index (κ1) is 23.2. The van der Waals surface area contributed by atoms with Crippen molar-refractivity contribution in [3.63, 3.8) is 0 Å². The number of hydrogen-bond donors (Lipinski definition) is 1. The highest BCUT2D eigenvalue weighted by molar-refractivity contribution is 5.27. The third-order valence-corrected chi connectivity index (χ3v) is 11.0. The van der Waals surface area contributed by atoms with Crippen LogP contribution in [0.1, 0.15) is 110 Å². The van der Waals surface area contributed by atoms with E-state index in [0.717, 1.165) is 50.5 Å². The molecule has 0 heterocycles. The molecule has 7 atom stereocenters. The molecular formula is C31H46O3. The van der Waals surface area contributed by atoms with Crippen molar-refractivity contribution in [1.29, 1.82) is 0 Å². The van der Waals surface area contributed by atoms with Crippen molar-refractivity contribution < 1.29 is 14.6 Å². The lowest BCUT2D eigenvalue weighted by Gasteiger charge is -2.58. The smallest absolute Gasteiger partial charge is 0.104 e. The van der Waals surface area contributed by atoms with Crippen LogP contribution in [0.15, 0.2) is 35.3 Å². The van der Waals surface area contributed by atoms with Crippen LogP contribution in [0.25, 0.3) is 0 Å². The highest BCUT2D eigenvalue weighted by Crippen LogP contribution is 2.65. The Morgan fingerprint density at radius 2 is 1.68 bits per heavy atom. The standard InChI is InChI=1S/C31H46O3/c1-30-18-17-28-26(27(30)14-15-29(30)34-25-10-6-3-7-11-25)13-12-22-20-23(32)16-19-31(22,28)21-33-24-8-4-2-5-9-24/h8,10,12,23,26-29,32H,2-7,9,11,13-21H2,1H3/t23?,26-,27-,28+,29?,30-,31+/m0/s1. The second-order valence-electron chi connectivity index (χ2n) is 12.7. The van der Waals surface area contributed by atoms with Gasteiger partial charge in [-0.25, -0.2) is 0 Å². The minimum atomic E-state index is -0.160. The molecule has 0 spiro atoms. The van der Waals surface area contributed by atoms with Crippen LogP contribution in [-0.2, 0) is 9.47 Å². The fraction of sp³-hybridized carbons (Fsp3) is 0.806. The van der Waals surface area contributed by atoms with Crippen molar-refractivity contribution in [2.75, 3.05) is 6.61 Å². The fourth-order valence-corrected chi connectivity index (χ4v) is 9.11. The zero-order valence-electron chi connectivity index (χ0n) is 21.4. The summed E-state index contributed by atoms with van der Waals surface area (Å²) in [5, 5.41) is 10.5. The van der Waals surface area contributed by atoms with Crippen molar-refractivity contribution in [1.82, 2.24) is 0 Å². The van der Waals surface area contributed by atoms with E-state index in [1.54, 1.807) is 0 Å². The summed E-state index contributed by atoms with van der Waals surface area (Å²) in [4.78, 5) is 0. The van der Waals surface area contributed by atoms with Gasteiger partial charge in [-0.3, -0.25) is 0 Å². The Labute approximate surface area is 207 Å². The highest BCUT2D eigenvalue weighted by atomic mass is 16.5. The van der Waals surface area contributed by atoms with Gasteiger partial charge in [0.25, 0.3) is 0 Å². The maximum absolute atomic E-state index is 10.5. The van der Waals surface area contributed by atoms with Gasteiger partial charge in [0, 0.05) is 23.7 Å². The van der Waals surface area contributed by atoms with Crippen LogP contribution >= 0.6 is 0 Å². The van der Waals surface area contributed by atoms with E-state index in [9.17, 15) is 5.11 Å². The number of ether oxygens (including phenoxy) is 2. The normalized spacial score (nSPS) is 44.1. The molecule has 3 saturated carbocycles. The molecular weight excluding hydrogens is 420 g/mol. The summed E-state index contributed by atoms with van der Waals surface area (Å²) in [6.07, 6.45) is 26.6. The molecule has 6 aliphatic rings. The molecule has 2 unspecified atom stereocenters. The van der Waals surface area contributed by atoms with Crippen LogP contribution in [0.5, 0.6) is 0 Å². The zero-order chi connectivity index (χ0) is 23.2. The molecule has 188 valence electrons. The van der Waals surface area contributed by atoms with Gasteiger partial charge in [0.15, 0.2) is 0 Å². The number of aliphatic hydroxyl groups is 1. The molecule has 0 saturated heterocycles. The lowest BCUT2D eigenvalue weighted by Crippen LogP contribution is -2.54. The van der Waals surface area contributed by atoms with Crippen molar-refractivity contribution in [3.8, 4) is 0 Å². The second kappa shape index (κ2) is 9.34. The Morgan fingerprint density at radius 3 is 2.44 bits per heavy atom. The van der Waals surface area contributed by atoms with Gasteiger partial charge in [-0.15, -0.1) is 0 Å². The summed E-state index contributed by atoms with van der Waals surface area (Å²) in [6, 6.07) is 0. The molecule has 0 aromatic heterocycles. The molecule has 1 N–H and O–H groups in total. The first-order valence-electron chi connectivity index (χ1n) is 14.6. The van der Waals surface area contributed by atoms with E-state index < -0.39 is 0 Å². The maximum atomic E-state index is 10.5. The summed E-state index contributed by atoms with van der Waals surface area (Å²) in [5.74, 6) is 4.74. The monoisotopic (exact) mass is 466 g/mol. The van der Waals surface area contributed by atoms with Crippen LogP contribution in [0, 0.1) is 28.6 Å². The predicted molar refractivity (Wildman–Crippen MR) is 136 cm³/mol. The topological polar surface area (TPSA) is 38.7 Å². The number of fused-ring (bicyclic) bond motifs is 5. The Morgan fingerprint density at radius 1 is 0.882 bits per heavy atom. The molecule has 0 aromatic carbocycles. The van der Waals surface area contributed by atoms with Crippen LogP contribution in [0.2, 0.25) is 0 Å². The number of allylic oxidation sites excluding steroid dienone is 5. The summed E-state index contributed by atoms with van der Waals surface area (Å²) in [7, 11) is 0. The first-order chi connectivity index (χ1) is 16.6. The van der Waals surface area contributed by atoms with Gasteiger partial charge in [0.2, 0.25) is 0 Å². The van der Waals surface area contributed by atoms with E-state index >= 15 is 0 Å². The molecule has 6 rings (SSSR count). The number of hydrogen-bond acceptors (Lipinski definition) is 3. The average Bonchev–Trinajstić information content (AvgIpc) is 3.20. The Hall–Kier alpha value is -1.22. The Bertz CT molecular complexity index is 855. The third-order valence-electron chi connectivity index (χ3n) is 11.0. The quantitative estimate of drug-likeness (QED) is 0.424. The molecule has 3 fully saturated rings. The lowest BCUT2D eigenvalue weighted by molar-refractivity contribution is -0.0984. The van der Waals surface area contributed by atoms with E-state index in [1.165, 1.54) is 87.7 Å². The van der Waals surface area contributed by atoms with Crippen LogP contribution < -0.4 is 0 Å². The van der Waals surface area contributed by atoms with Gasteiger partial charge >= 0.3 is 0 Å². The van der Waals surface area contributed by atoms with Crippen molar-refractivity contribution in [2.24, 2.45) is 28.6 Å². The van der Waals surface area contributed by atoms with Gasteiger partial charge < -0.3 is 14.6 Å². The molecule has 3 nitrogen and oxygen atoms in total.